The molecular formula is C18H22FNO. The third-order valence-corrected chi connectivity index (χ3v) is 3.18. The number of rotatable bonds is 7. The molecule has 0 aromatic heterocycles. The number of ether oxygens (including phenoxy) is 1. The van der Waals surface area contributed by atoms with Crippen LogP contribution in [0.25, 0.3) is 0 Å². The van der Waals surface area contributed by atoms with Gasteiger partial charge in [-0.15, -0.1) is 0 Å². The van der Waals surface area contributed by atoms with E-state index in [0.29, 0.717) is 6.61 Å². The van der Waals surface area contributed by atoms with Gasteiger partial charge in [0.25, 0.3) is 0 Å². The van der Waals surface area contributed by atoms with E-state index in [1.165, 1.54) is 6.07 Å². The maximum absolute atomic E-state index is 13.2. The first-order valence-corrected chi connectivity index (χ1v) is 7.42. The molecule has 112 valence electrons. The Morgan fingerprint density at radius 1 is 1.14 bits per heavy atom. The Morgan fingerprint density at radius 3 is 2.71 bits per heavy atom. The molecule has 1 unspecified atom stereocenters. The van der Waals surface area contributed by atoms with Gasteiger partial charge in [-0.05, 0) is 49.6 Å². The van der Waals surface area contributed by atoms with Crippen molar-refractivity contribution in [1.29, 1.82) is 0 Å². The van der Waals surface area contributed by atoms with Crippen molar-refractivity contribution in [2.45, 2.75) is 32.7 Å². The van der Waals surface area contributed by atoms with Crippen molar-refractivity contribution >= 4 is 5.69 Å². The second-order valence-electron chi connectivity index (χ2n) is 5.22. The SMILES string of the molecule is CCCOc1ccccc1NC(C)Cc1cccc(F)c1. The van der Waals surface area contributed by atoms with E-state index in [9.17, 15) is 4.39 Å². The normalized spacial score (nSPS) is 12.0. The summed E-state index contributed by atoms with van der Waals surface area (Å²) in [4.78, 5) is 0. The van der Waals surface area contributed by atoms with E-state index in [2.05, 4.69) is 19.2 Å². The largest absolute Gasteiger partial charge is 0.491 e. The molecule has 2 aromatic rings. The average Bonchev–Trinajstić information content (AvgIpc) is 2.46. The minimum atomic E-state index is -0.189. The number of benzene rings is 2. The lowest BCUT2D eigenvalue weighted by atomic mass is 10.1. The van der Waals surface area contributed by atoms with Gasteiger partial charge in [0.1, 0.15) is 11.6 Å². The number of anilines is 1. The van der Waals surface area contributed by atoms with Gasteiger partial charge in [0.15, 0.2) is 0 Å². The molecule has 21 heavy (non-hydrogen) atoms. The number of nitrogens with one attached hydrogen (secondary N) is 1. The predicted molar refractivity (Wildman–Crippen MR) is 85.4 cm³/mol. The Bertz CT molecular complexity index is 571. The smallest absolute Gasteiger partial charge is 0.142 e. The van der Waals surface area contributed by atoms with Crippen molar-refractivity contribution < 1.29 is 9.13 Å². The molecule has 2 nitrogen and oxygen atoms in total. The molecule has 1 N–H and O–H groups in total. The molecule has 0 spiro atoms. The summed E-state index contributed by atoms with van der Waals surface area (Å²) in [6.45, 7) is 4.88. The fourth-order valence-electron chi connectivity index (χ4n) is 2.26. The van der Waals surface area contributed by atoms with Gasteiger partial charge >= 0.3 is 0 Å². The second-order valence-corrected chi connectivity index (χ2v) is 5.22. The summed E-state index contributed by atoms with van der Waals surface area (Å²) in [7, 11) is 0. The van der Waals surface area contributed by atoms with Gasteiger partial charge in [-0.1, -0.05) is 31.2 Å². The predicted octanol–water partition coefficient (Wildman–Crippen LogP) is 4.66. The van der Waals surface area contributed by atoms with E-state index in [1.54, 1.807) is 12.1 Å². The van der Waals surface area contributed by atoms with Crippen molar-refractivity contribution in [3.8, 4) is 5.75 Å². The Hall–Kier alpha value is -2.03. The number of halogens is 1. The van der Waals surface area contributed by atoms with E-state index >= 15 is 0 Å². The van der Waals surface area contributed by atoms with Crippen LogP contribution in [0.3, 0.4) is 0 Å². The molecule has 0 aliphatic heterocycles. The molecule has 2 aromatic carbocycles. The molecule has 2 rings (SSSR count). The highest BCUT2D eigenvalue weighted by Crippen LogP contribution is 2.25. The average molecular weight is 287 g/mol. The topological polar surface area (TPSA) is 21.3 Å². The molecular weight excluding hydrogens is 265 g/mol. The van der Waals surface area contributed by atoms with E-state index in [-0.39, 0.29) is 11.9 Å². The van der Waals surface area contributed by atoms with E-state index in [4.69, 9.17) is 4.74 Å². The van der Waals surface area contributed by atoms with Gasteiger partial charge in [0.05, 0.1) is 12.3 Å². The van der Waals surface area contributed by atoms with Gasteiger partial charge in [-0.3, -0.25) is 0 Å². The van der Waals surface area contributed by atoms with Crippen molar-refractivity contribution in [2.24, 2.45) is 0 Å². The first kappa shape index (κ1) is 15.4. The van der Waals surface area contributed by atoms with Crippen molar-refractivity contribution in [2.75, 3.05) is 11.9 Å². The summed E-state index contributed by atoms with van der Waals surface area (Å²) in [5, 5.41) is 3.44. The molecule has 0 saturated heterocycles. The lowest BCUT2D eigenvalue weighted by Gasteiger charge is -2.18. The summed E-state index contributed by atoms with van der Waals surface area (Å²) < 4.78 is 18.9. The van der Waals surface area contributed by atoms with Crippen molar-refractivity contribution in [3.63, 3.8) is 0 Å². The number of hydrogen-bond acceptors (Lipinski definition) is 2. The van der Waals surface area contributed by atoms with Crippen LogP contribution in [0.5, 0.6) is 5.75 Å². The lowest BCUT2D eigenvalue weighted by Crippen LogP contribution is -2.18. The number of para-hydroxylation sites is 2. The first-order chi connectivity index (χ1) is 10.2. The van der Waals surface area contributed by atoms with E-state index < -0.39 is 0 Å². The molecule has 0 heterocycles. The van der Waals surface area contributed by atoms with Crippen LogP contribution >= 0.6 is 0 Å². The fraction of sp³-hybridized carbons (Fsp3) is 0.333. The van der Waals surface area contributed by atoms with E-state index in [0.717, 1.165) is 29.8 Å². The van der Waals surface area contributed by atoms with Crippen LogP contribution in [0, 0.1) is 5.82 Å². The molecule has 0 amide bonds. The zero-order chi connectivity index (χ0) is 15.1. The van der Waals surface area contributed by atoms with Crippen LogP contribution in [-0.4, -0.2) is 12.6 Å². The second kappa shape index (κ2) is 7.67. The molecule has 0 aliphatic rings. The Kier molecular flexibility index (Phi) is 5.61. The Labute approximate surface area is 126 Å². The van der Waals surface area contributed by atoms with Crippen LogP contribution in [0.2, 0.25) is 0 Å². The van der Waals surface area contributed by atoms with Gasteiger partial charge in [-0.25, -0.2) is 4.39 Å². The standard InChI is InChI=1S/C18H22FNO/c1-3-11-21-18-10-5-4-9-17(18)20-14(2)12-15-7-6-8-16(19)13-15/h4-10,13-14,20H,3,11-12H2,1-2H3. The quantitative estimate of drug-likeness (QED) is 0.800. The molecule has 0 radical (unpaired) electrons. The highest BCUT2D eigenvalue weighted by molar-refractivity contribution is 5.56. The van der Waals surface area contributed by atoms with Gasteiger partial charge in [0.2, 0.25) is 0 Å². The highest BCUT2D eigenvalue weighted by Gasteiger charge is 2.08. The molecule has 3 heteroatoms. The summed E-state index contributed by atoms with van der Waals surface area (Å²) >= 11 is 0. The van der Waals surface area contributed by atoms with Crippen LogP contribution in [0.4, 0.5) is 10.1 Å². The lowest BCUT2D eigenvalue weighted by molar-refractivity contribution is 0.318. The molecule has 0 bridgehead atoms. The molecule has 0 fully saturated rings. The Balaban J connectivity index is 2.00. The summed E-state index contributed by atoms with van der Waals surface area (Å²) in [5.74, 6) is 0.678. The molecule has 0 aliphatic carbocycles. The summed E-state index contributed by atoms with van der Waals surface area (Å²) in [5.41, 5.74) is 1.97. The van der Waals surface area contributed by atoms with Gasteiger partial charge in [0, 0.05) is 6.04 Å². The zero-order valence-corrected chi connectivity index (χ0v) is 12.6. The van der Waals surface area contributed by atoms with Gasteiger partial charge < -0.3 is 10.1 Å². The third kappa shape index (κ3) is 4.78. The maximum atomic E-state index is 13.2. The van der Waals surface area contributed by atoms with Crippen LogP contribution in [0.15, 0.2) is 48.5 Å². The Morgan fingerprint density at radius 2 is 1.95 bits per heavy atom. The van der Waals surface area contributed by atoms with Crippen molar-refractivity contribution in [1.82, 2.24) is 0 Å². The van der Waals surface area contributed by atoms with Crippen molar-refractivity contribution in [3.05, 3.63) is 59.9 Å². The van der Waals surface area contributed by atoms with E-state index in [1.807, 2.05) is 30.3 Å². The highest BCUT2D eigenvalue weighted by atomic mass is 19.1. The molecule has 1 atom stereocenters. The van der Waals surface area contributed by atoms with Crippen LogP contribution in [0.1, 0.15) is 25.8 Å². The van der Waals surface area contributed by atoms with Gasteiger partial charge in [-0.2, -0.15) is 0 Å². The summed E-state index contributed by atoms with van der Waals surface area (Å²) in [6, 6.07) is 14.9. The molecule has 0 saturated carbocycles. The minimum Gasteiger partial charge on any atom is -0.491 e. The third-order valence-electron chi connectivity index (χ3n) is 3.18. The maximum Gasteiger partial charge on any atom is 0.142 e. The van der Waals surface area contributed by atoms with Crippen LogP contribution < -0.4 is 10.1 Å². The monoisotopic (exact) mass is 287 g/mol. The summed E-state index contributed by atoms with van der Waals surface area (Å²) in [6.07, 6.45) is 1.74. The van der Waals surface area contributed by atoms with Crippen LogP contribution in [-0.2, 0) is 6.42 Å². The first-order valence-electron chi connectivity index (χ1n) is 7.42. The number of hydrogen-bond donors (Lipinski definition) is 1. The fourth-order valence-corrected chi connectivity index (χ4v) is 2.26. The zero-order valence-electron chi connectivity index (χ0n) is 12.6. The minimum absolute atomic E-state index is 0.189.